The molecule has 1 amide bonds. The van der Waals surface area contributed by atoms with Gasteiger partial charge in [0, 0.05) is 28.5 Å². The quantitative estimate of drug-likeness (QED) is 0.359. The summed E-state index contributed by atoms with van der Waals surface area (Å²) >= 11 is 3.56. The second-order valence-electron chi connectivity index (χ2n) is 8.75. The average molecular weight is 544 g/mol. The summed E-state index contributed by atoms with van der Waals surface area (Å²) in [6.45, 7) is 7.24. The van der Waals surface area contributed by atoms with Crippen molar-refractivity contribution in [3.8, 4) is 5.75 Å². The fraction of sp³-hybridized carbons (Fsp3) is 0.423. The van der Waals surface area contributed by atoms with Crippen molar-refractivity contribution in [3.63, 3.8) is 0 Å². The van der Waals surface area contributed by atoms with Gasteiger partial charge in [-0.1, -0.05) is 34.1 Å². The third kappa shape index (κ3) is 5.96. The minimum Gasteiger partial charge on any atom is -0.487 e. The number of ether oxygens (including phenoxy) is 3. The van der Waals surface area contributed by atoms with Crippen LogP contribution in [0.1, 0.15) is 44.5 Å². The smallest absolute Gasteiger partial charge is 0.410 e. The van der Waals surface area contributed by atoms with Gasteiger partial charge in [-0.25, -0.2) is 4.79 Å². The number of hydrogen-bond acceptors (Lipinski definition) is 6. The fourth-order valence-corrected chi connectivity index (χ4v) is 4.61. The van der Waals surface area contributed by atoms with Gasteiger partial charge in [-0.3, -0.25) is 9.48 Å². The molecule has 3 aromatic rings. The Morgan fingerprint density at radius 3 is 2.77 bits per heavy atom. The Bertz CT molecular complexity index is 1210. The fourth-order valence-electron chi connectivity index (χ4n) is 4.25. The molecule has 2 heterocycles. The molecule has 1 atom stereocenters. The van der Waals surface area contributed by atoms with E-state index in [1.54, 1.807) is 11.8 Å². The maximum Gasteiger partial charge on any atom is 0.410 e. The lowest BCUT2D eigenvalue weighted by atomic mass is 10.1. The van der Waals surface area contributed by atoms with Crippen molar-refractivity contribution in [2.75, 3.05) is 19.7 Å². The summed E-state index contributed by atoms with van der Waals surface area (Å²) in [6, 6.07) is 13.5. The number of para-hydroxylation sites is 1. The number of hydrogen-bond donors (Lipinski definition) is 0. The molecule has 35 heavy (non-hydrogen) atoms. The molecule has 0 radical (unpaired) electrons. The highest BCUT2D eigenvalue weighted by Gasteiger charge is 2.31. The van der Waals surface area contributed by atoms with Gasteiger partial charge in [0.15, 0.2) is 0 Å². The summed E-state index contributed by atoms with van der Waals surface area (Å²) < 4.78 is 19.5. The number of nitrogens with zero attached hydrogens (tertiary/aromatic N) is 3. The topological polar surface area (TPSA) is 82.9 Å². The summed E-state index contributed by atoms with van der Waals surface area (Å²) in [6.07, 6.45) is 0.501. The van der Waals surface area contributed by atoms with Crippen molar-refractivity contribution < 1.29 is 23.8 Å². The molecule has 8 nitrogen and oxygen atoms in total. The standard InChI is InChI=1S/C26H30BrN3O5/c1-4-33-25(31)13-18-7-5-6-8-24(18)34-16-22-21-14-19(27)9-10-23(21)30(28-22)20-11-12-29(15-20)26(32)35-17(2)3/h5-10,14,17,20H,4,11-13,15-16H2,1-3H3/t20-/m0/s1. The number of aromatic nitrogens is 2. The first kappa shape index (κ1) is 25.0. The summed E-state index contributed by atoms with van der Waals surface area (Å²) in [5.74, 6) is 0.339. The molecular weight excluding hydrogens is 514 g/mol. The van der Waals surface area contributed by atoms with Gasteiger partial charge >= 0.3 is 12.1 Å². The molecule has 0 aliphatic carbocycles. The van der Waals surface area contributed by atoms with E-state index in [2.05, 4.69) is 15.9 Å². The van der Waals surface area contributed by atoms with Crippen LogP contribution in [0, 0.1) is 0 Å². The van der Waals surface area contributed by atoms with E-state index in [4.69, 9.17) is 19.3 Å². The molecule has 0 unspecified atom stereocenters. The van der Waals surface area contributed by atoms with Gasteiger partial charge in [-0.05, 0) is 51.5 Å². The zero-order valence-corrected chi connectivity index (χ0v) is 21.8. The minimum atomic E-state index is -0.288. The Hall–Kier alpha value is -3.07. The van der Waals surface area contributed by atoms with Gasteiger partial charge in [0.2, 0.25) is 0 Å². The Morgan fingerprint density at radius 2 is 2.00 bits per heavy atom. The molecule has 0 bridgehead atoms. The monoisotopic (exact) mass is 543 g/mol. The Labute approximate surface area is 213 Å². The largest absolute Gasteiger partial charge is 0.487 e. The maximum absolute atomic E-state index is 12.4. The van der Waals surface area contributed by atoms with Crippen LogP contribution < -0.4 is 4.74 Å². The third-order valence-electron chi connectivity index (χ3n) is 5.83. The van der Waals surface area contributed by atoms with Crippen LogP contribution in [-0.4, -0.2) is 52.5 Å². The van der Waals surface area contributed by atoms with Crippen molar-refractivity contribution in [3.05, 3.63) is 58.2 Å². The zero-order valence-electron chi connectivity index (χ0n) is 20.2. The van der Waals surface area contributed by atoms with Crippen LogP contribution in [0.2, 0.25) is 0 Å². The van der Waals surface area contributed by atoms with Crippen LogP contribution in [0.25, 0.3) is 10.9 Å². The van der Waals surface area contributed by atoms with Crippen LogP contribution >= 0.6 is 15.9 Å². The molecule has 1 saturated heterocycles. The van der Waals surface area contributed by atoms with Gasteiger partial charge < -0.3 is 19.1 Å². The highest BCUT2D eigenvalue weighted by atomic mass is 79.9. The minimum absolute atomic E-state index is 0.0447. The number of carbonyl (C=O) groups is 2. The summed E-state index contributed by atoms with van der Waals surface area (Å²) in [5, 5.41) is 5.88. The van der Waals surface area contributed by atoms with Gasteiger partial charge in [0.25, 0.3) is 0 Å². The number of amides is 1. The highest BCUT2D eigenvalue weighted by molar-refractivity contribution is 9.10. The van der Waals surface area contributed by atoms with Gasteiger partial charge in [0.1, 0.15) is 18.1 Å². The number of esters is 1. The maximum atomic E-state index is 12.4. The lowest BCUT2D eigenvalue weighted by molar-refractivity contribution is -0.142. The molecule has 4 rings (SSSR count). The first-order valence-corrected chi connectivity index (χ1v) is 12.6. The van der Waals surface area contributed by atoms with Crippen LogP contribution in [0.5, 0.6) is 5.75 Å². The van der Waals surface area contributed by atoms with E-state index in [1.807, 2.05) is 61.0 Å². The van der Waals surface area contributed by atoms with Crippen LogP contribution in [0.3, 0.4) is 0 Å². The normalized spacial score (nSPS) is 15.6. The molecule has 0 spiro atoms. The highest BCUT2D eigenvalue weighted by Crippen LogP contribution is 2.31. The van der Waals surface area contributed by atoms with E-state index in [1.165, 1.54) is 0 Å². The Balaban J connectivity index is 1.55. The molecule has 9 heteroatoms. The lowest BCUT2D eigenvalue weighted by Crippen LogP contribution is -2.31. The third-order valence-corrected chi connectivity index (χ3v) is 6.32. The number of carbonyl (C=O) groups excluding carboxylic acids is 2. The number of rotatable bonds is 8. The molecule has 1 aliphatic heterocycles. The molecule has 1 aliphatic rings. The van der Waals surface area contributed by atoms with E-state index < -0.39 is 0 Å². The van der Waals surface area contributed by atoms with Crippen molar-refractivity contribution in [1.82, 2.24) is 14.7 Å². The molecular formula is C26H30BrN3O5. The van der Waals surface area contributed by atoms with Crippen LogP contribution in [-0.2, 0) is 27.3 Å². The SMILES string of the molecule is CCOC(=O)Cc1ccccc1OCc1nn([C@H]2CCN(C(=O)OC(C)C)C2)c2ccc(Br)cc12. The van der Waals surface area contributed by atoms with Crippen LogP contribution in [0.15, 0.2) is 46.9 Å². The first-order chi connectivity index (χ1) is 16.9. The van der Waals surface area contributed by atoms with E-state index >= 15 is 0 Å². The summed E-state index contributed by atoms with van der Waals surface area (Å²) in [7, 11) is 0. The predicted octanol–water partition coefficient (Wildman–Crippen LogP) is 5.28. The van der Waals surface area contributed by atoms with Crippen molar-refractivity contribution in [2.24, 2.45) is 0 Å². The van der Waals surface area contributed by atoms with Gasteiger partial charge in [0.05, 0.1) is 30.7 Å². The second kappa shape index (κ2) is 11.1. The first-order valence-electron chi connectivity index (χ1n) is 11.8. The Kier molecular flexibility index (Phi) is 7.95. The van der Waals surface area contributed by atoms with E-state index in [0.29, 0.717) is 25.4 Å². The van der Waals surface area contributed by atoms with E-state index in [-0.39, 0.29) is 37.2 Å². The average Bonchev–Trinajstić information content (AvgIpc) is 3.43. The molecule has 2 aromatic carbocycles. The number of likely N-dealkylation sites (tertiary alicyclic amines) is 1. The van der Waals surface area contributed by atoms with Crippen molar-refractivity contribution >= 4 is 38.9 Å². The predicted molar refractivity (Wildman–Crippen MR) is 135 cm³/mol. The lowest BCUT2D eigenvalue weighted by Gasteiger charge is -2.18. The van der Waals surface area contributed by atoms with Crippen molar-refractivity contribution in [2.45, 2.75) is 52.4 Å². The number of fused-ring (bicyclic) bond motifs is 1. The molecule has 186 valence electrons. The Morgan fingerprint density at radius 1 is 1.20 bits per heavy atom. The number of halogens is 1. The number of benzene rings is 2. The summed E-state index contributed by atoms with van der Waals surface area (Å²) in [4.78, 5) is 26.1. The second-order valence-corrected chi connectivity index (χ2v) is 9.67. The molecule has 1 fully saturated rings. The van der Waals surface area contributed by atoms with Gasteiger partial charge in [-0.15, -0.1) is 0 Å². The van der Waals surface area contributed by atoms with Gasteiger partial charge in [-0.2, -0.15) is 5.10 Å². The molecule has 1 aromatic heterocycles. The van der Waals surface area contributed by atoms with E-state index in [9.17, 15) is 9.59 Å². The zero-order chi connectivity index (χ0) is 24.9. The van der Waals surface area contributed by atoms with Crippen LogP contribution in [0.4, 0.5) is 4.79 Å². The summed E-state index contributed by atoms with van der Waals surface area (Å²) in [5.41, 5.74) is 2.54. The molecule has 0 saturated carbocycles. The molecule has 0 N–H and O–H groups in total. The van der Waals surface area contributed by atoms with E-state index in [0.717, 1.165) is 33.1 Å². The van der Waals surface area contributed by atoms with Crippen molar-refractivity contribution in [1.29, 1.82) is 0 Å².